The van der Waals surface area contributed by atoms with Gasteiger partial charge in [-0.3, -0.25) is 0 Å². The van der Waals surface area contributed by atoms with Crippen molar-refractivity contribution < 1.29 is 60.9 Å². The van der Waals surface area contributed by atoms with E-state index in [4.69, 9.17) is 40.5 Å². The molecule has 0 heterocycles. The maximum Gasteiger partial charge on any atom is 0.139 e. The second-order valence-corrected chi connectivity index (χ2v) is 6.82. The first-order chi connectivity index (χ1) is 15.0. The highest BCUT2D eigenvalue weighted by atomic mass is 16.5. The molecule has 0 spiro atoms. The lowest BCUT2D eigenvalue weighted by Crippen LogP contribution is -2.46. The van der Waals surface area contributed by atoms with Gasteiger partial charge >= 0.3 is 0 Å². The van der Waals surface area contributed by atoms with E-state index in [0.717, 1.165) is 5.56 Å². The van der Waals surface area contributed by atoms with Crippen LogP contribution in [-0.2, 0) is 4.74 Å². The molecule has 32 heavy (non-hydrogen) atoms. The highest BCUT2D eigenvalue weighted by Crippen LogP contribution is 2.16. The molecule has 186 valence electrons. The summed E-state index contributed by atoms with van der Waals surface area (Å²) in [6.45, 7) is -2.18. The first-order valence-corrected chi connectivity index (χ1v) is 9.63. The predicted octanol–water partition coefficient (Wildman–Crippen LogP) is -4.48. The minimum absolute atomic E-state index is 0.0351. The second-order valence-electron chi connectivity index (χ2n) is 6.82. The largest absolute Gasteiger partial charge is 0.498 e. The van der Waals surface area contributed by atoms with Gasteiger partial charge in [0, 0.05) is 0 Å². The standard InChI is InChI=1S/C14H20O6.C6H14O6/c1-20-11(7-9-5-3-2-4-6-9)13(18)14(19)12(17)10(16)8-15;7-1-3(9)5(11)6(12)4(10)2-8/h2-7,10,12-19H,8H2,1H3;3-12H,1-2H2. The van der Waals surface area contributed by atoms with E-state index in [9.17, 15) is 20.4 Å². The zero-order chi connectivity index (χ0) is 24.8. The number of aliphatic hydroxyl groups is 11. The Labute approximate surface area is 185 Å². The summed E-state index contributed by atoms with van der Waals surface area (Å²) in [5.74, 6) is 0.0351. The maximum atomic E-state index is 9.96. The van der Waals surface area contributed by atoms with Gasteiger partial charge < -0.3 is 60.9 Å². The highest BCUT2D eigenvalue weighted by Gasteiger charge is 2.32. The molecule has 1 aromatic carbocycles. The van der Waals surface area contributed by atoms with Gasteiger partial charge in [-0.05, 0) is 11.6 Å². The Hall–Kier alpha value is -1.68. The molecule has 0 saturated heterocycles. The molecule has 8 atom stereocenters. The molecule has 8 unspecified atom stereocenters. The Morgan fingerprint density at radius 1 is 0.688 bits per heavy atom. The third kappa shape index (κ3) is 9.85. The van der Waals surface area contributed by atoms with Gasteiger partial charge in [0.1, 0.15) is 54.6 Å². The second kappa shape index (κ2) is 16.0. The predicted molar refractivity (Wildman–Crippen MR) is 111 cm³/mol. The van der Waals surface area contributed by atoms with Crippen LogP contribution in [0.25, 0.3) is 6.08 Å². The van der Waals surface area contributed by atoms with Crippen LogP contribution in [0.15, 0.2) is 36.1 Å². The van der Waals surface area contributed by atoms with Gasteiger partial charge in [0.2, 0.25) is 0 Å². The molecular formula is C20H34O12. The normalized spacial score (nSPS) is 19.4. The lowest BCUT2D eigenvalue weighted by Gasteiger charge is -2.26. The lowest BCUT2D eigenvalue weighted by molar-refractivity contribution is -0.123. The molecule has 12 heteroatoms. The molecule has 0 bridgehead atoms. The highest BCUT2D eigenvalue weighted by molar-refractivity contribution is 5.52. The van der Waals surface area contributed by atoms with Gasteiger partial charge in [-0.1, -0.05) is 30.3 Å². The molecule has 12 nitrogen and oxygen atoms in total. The smallest absolute Gasteiger partial charge is 0.139 e. The minimum atomic E-state index is -1.69. The van der Waals surface area contributed by atoms with Crippen LogP contribution >= 0.6 is 0 Å². The van der Waals surface area contributed by atoms with Crippen molar-refractivity contribution in [3.05, 3.63) is 41.7 Å². The summed E-state index contributed by atoms with van der Waals surface area (Å²) in [7, 11) is 1.32. The number of rotatable bonds is 12. The van der Waals surface area contributed by atoms with E-state index in [-0.39, 0.29) is 5.76 Å². The fourth-order valence-electron chi connectivity index (χ4n) is 2.34. The van der Waals surface area contributed by atoms with E-state index >= 15 is 0 Å². The van der Waals surface area contributed by atoms with Crippen LogP contribution in [0.1, 0.15) is 5.56 Å². The number of hydrogen-bond acceptors (Lipinski definition) is 12. The summed E-state index contributed by atoms with van der Waals surface area (Å²) in [4.78, 5) is 0. The molecule has 0 saturated carbocycles. The van der Waals surface area contributed by atoms with Crippen molar-refractivity contribution in [1.29, 1.82) is 0 Å². The van der Waals surface area contributed by atoms with Gasteiger partial charge in [-0.2, -0.15) is 0 Å². The molecule has 0 aliphatic carbocycles. The number of methoxy groups -OCH3 is 1. The average Bonchev–Trinajstić information content (AvgIpc) is 2.84. The summed E-state index contributed by atoms with van der Waals surface area (Å²) in [5.41, 5.74) is 0.743. The van der Waals surface area contributed by atoms with Crippen molar-refractivity contribution in [2.75, 3.05) is 26.9 Å². The van der Waals surface area contributed by atoms with Crippen LogP contribution in [0.5, 0.6) is 0 Å². The van der Waals surface area contributed by atoms with Crippen LogP contribution in [0.4, 0.5) is 0 Å². The Bertz CT molecular complexity index is 614. The Balaban J connectivity index is 0.000000687. The van der Waals surface area contributed by atoms with Crippen LogP contribution in [-0.4, -0.2) is 132 Å². The van der Waals surface area contributed by atoms with Crippen LogP contribution in [0.2, 0.25) is 0 Å². The summed E-state index contributed by atoms with van der Waals surface area (Å²) < 4.78 is 5.00. The quantitative estimate of drug-likeness (QED) is 0.131. The molecule has 1 rings (SSSR count). The van der Waals surface area contributed by atoms with Crippen LogP contribution in [0, 0.1) is 0 Å². The molecule has 0 aliphatic heterocycles. The van der Waals surface area contributed by atoms with Crippen molar-refractivity contribution in [3.8, 4) is 0 Å². The lowest BCUT2D eigenvalue weighted by atomic mass is 10.0. The van der Waals surface area contributed by atoms with Crippen molar-refractivity contribution in [2.45, 2.75) is 48.8 Å². The molecule has 11 N–H and O–H groups in total. The van der Waals surface area contributed by atoms with E-state index in [0.29, 0.717) is 0 Å². The van der Waals surface area contributed by atoms with Crippen molar-refractivity contribution >= 4 is 6.08 Å². The minimum Gasteiger partial charge on any atom is -0.498 e. The summed E-state index contributed by atoms with van der Waals surface area (Å²) in [6, 6.07) is 8.98. The number of aliphatic hydroxyl groups excluding tert-OH is 11. The van der Waals surface area contributed by atoms with Crippen molar-refractivity contribution in [2.24, 2.45) is 0 Å². The number of ether oxygens (including phenoxy) is 1. The van der Waals surface area contributed by atoms with Crippen molar-refractivity contribution in [1.82, 2.24) is 0 Å². The Kier molecular flexibility index (Phi) is 15.2. The molecule has 0 amide bonds. The topological polar surface area (TPSA) is 232 Å². The van der Waals surface area contributed by atoms with E-state index in [1.54, 1.807) is 24.3 Å². The monoisotopic (exact) mass is 466 g/mol. The fraction of sp³-hybridized carbons (Fsp3) is 0.600. The molecule has 0 aromatic heterocycles. The first-order valence-electron chi connectivity index (χ1n) is 9.63. The molecule has 0 radical (unpaired) electrons. The SMILES string of the molecule is COC(=Cc1ccccc1)C(O)C(O)C(O)C(O)CO.OCC(O)C(O)C(O)C(O)CO. The Morgan fingerprint density at radius 3 is 1.41 bits per heavy atom. The third-order valence-electron chi connectivity index (χ3n) is 4.40. The fourth-order valence-corrected chi connectivity index (χ4v) is 2.34. The van der Waals surface area contributed by atoms with Gasteiger partial charge in [-0.15, -0.1) is 0 Å². The summed E-state index contributed by atoms with van der Waals surface area (Å²) >= 11 is 0. The first kappa shape index (κ1) is 30.3. The zero-order valence-electron chi connectivity index (χ0n) is 17.5. The van der Waals surface area contributed by atoms with Crippen LogP contribution < -0.4 is 0 Å². The van der Waals surface area contributed by atoms with Gasteiger partial charge in [-0.25, -0.2) is 0 Å². The molecule has 0 aliphatic rings. The summed E-state index contributed by atoms with van der Waals surface area (Å²) in [6.07, 6.45) is -11.3. The van der Waals surface area contributed by atoms with E-state index < -0.39 is 68.7 Å². The Morgan fingerprint density at radius 2 is 1.06 bits per heavy atom. The van der Waals surface area contributed by atoms with E-state index in [1.807, 2.05) is 6.07 Å². The van der Waals surface area contributed by atoms with Gasteiger partial charge in [0.05, 0.1) is 26.9 Å². The van der Waals surface area contributed by atoms with E-state index in [2.05, 4.69) is 0 Å². The van der Waals surface area contributed by atoms with Crippen molar-refractivity contribution in [3.63, 3.8) is 0 Å². The molecule has 1 aromatic rings. The number of hydrogen-bond donors (Lipinski definition) is 11. The molecular weight excluding hydrogens is 432 g/mol. The summed E-state index contributed by atoms with van der Waals surface area (Å²) in [5, 5.41) is 99.5. The van der Waals surface area contributed by atoms with E-state index in [1.165, 1.54) is 13.2 Å². The van der Waals surface area contributed by atoms with Gasteiger partial charge in [0.15, 0.2) is 0 Å². The zero-order valence-corrected chi connectivity index (χ0v) is 17.5. The van der Waals surface area contributed by atoms with Crippen LogP contribution in [0.3, 0.4) is 0 Å². The molecule has 0 fully saturated rings. The third-order valence-corrected chi connectivity index (χ3v) is 4.40. The average molecular weight is 466 g/mol. The van der Waals surface area contributed by atoms with Gasteiger partial charge in [0.25, 0.3) is 0 Å². The maximum absolute atomic E-state index is 9.96. The number of benzene rings is 1.